The second-order valence-electron chi connectivity index (χ2n) is 3.20. The Balaban J connectivity index is 3.25. The lowest BCUT2D eigenvalue weighted by atomic mass is 10.1. The zero-order valence-corrected chi connectivity index (χ0v) is 12.5. The summed E-state index contributed by atoms with van der Waals surface area (Å²) >= 11 is 6.58. The molecule has 0 saturated heterocycles. The van der Waals surface area contributed by atoms with Crippen LogP contribution in [0.1, 0.15) is 23.7 Å². The number of rotatable bonds is 3. The molecule has 0 fully saturated rings. The fraction of sp³-hybridized carbons (Fsp3) is 0.273. The van der Waals surface area contributed by atoms with E-state index < -0.39 is 5.97 Å². The van der Waals surface area contributed by atoms with E-state index in [1.165, 1.54) is 7.11 Å². The molecule has 0 atom stereocenters. The first-order valence-electron chi connectivity index (χ1n) is 4.86. The number of hydrogen-bond acceptors (Lipinski definition) is 3. The molecule has 1 aromatic carbocycles. The van der Waals surface area contributed by atoms with Gasteiger partial charge in [-0.1, -0.05) is 22.9 Å². The Labute approximate surface area is 116 Å². The van der Waals surface area contributed by atoms with Crippen LogP contribution in [0.5, 0.6) is 0 Å². The summed E-state index contributed by atoms with van der Waals surface area (Å²) in [6.45, 7) is 1.74. The smallest absolute Gasteiger partial charge is 0.340 e. The van der Waals surface area contributed by atoms with Gasteiger partial charge in [0.05, 0.1) is 18.4 Å². The van der Waals surface area contributed by atoms with Crippen molar-refractivity contribution in [1.82, 2.24) is 0 Å². The SMILES string of the molecule is CCC(=O)Nc1c(Br)cc(Br)cc1C(=O)OC. The number of esters is 1. The third kappa shape index (κ3) is 3.54. The van der Waals surface area contributed by atoms with E-state index in [-0.39, 0.29) is 5.91 Å². The number of amides is 1. The first-order chi connectivity index (χ1) is 7.99. The van der Waals surface area contributed by atoms with E-state index in [1.807, 2.05) is 0 Å². The average Bonchev–Trinajstić information content (AvgIpc) is 2.30. The Bertz CT molecular complexity index is 460. The molecule has 92 valence electrons. The molecule has 1 amide bonds. The van der Waals surface area contributed by atoms with E-state index in [4.69, 9.17) is 0 Å². The van der Waals surface area contributed by atoms with Crippen molar-refractivity contribution in [2.75, 3.05) is 12.4 Å². The van der Waals surface area contributed by atoms with Crippen molar-refractivity contribution in [3.8, 4) is 0 Å². The largest absolute Gasteiger partial charge is 0.465 e. The van der Waals surface area contributed by atoms with Gasteiger partial charge in [-0.3, -0.25) is 4.79 Å². The molecule has 0 unspecified atom stereocenters. The van der Waals surface area contributed by atoms with E-state index in [0.29, 0.717) is 22.1 Å². The topological polar surface area (TPSA) is 55.4 Å². The third-order valence-electron chi connectivity index (χ3n) is 2.05. The summed E-state index contributed by atoms with van der Waals surface area (Å²) in [5, 5.41) is 2.66. The molecule has 0 aliphatic carbocycles. The minimum atomic E-state index is -0.501. The maximum atomic E-state index is 11.6. The monoisotopic (exact) mass is 363 g/mol. The van der Waals surface area contributed by atoms with Gasteiger partial charge in [0, 0.05) is 15.4 Å². The van der Waals surface area contributed by atoms with Gasteiger partial charge < -0.3 is 10.1 Å². The highest BCUT2D eigenvalue weighted by Gasteiger charge is 2.17. The summed E-state index contributed by atoms with van der Waals surface area (Å²) in [5.41, 5.74) is 0.724. The molecule has 0 radical (unpaired) electrons. The summed E-state index contributed by atoms with van der Waals surface area (Å²) in [4.78, 5) is 23.0. The molecule has 1 aromatic rings. The van der Waals surface area contributed by atoms with Crippen LogP contribution >= 0.6 is 31.9 Å². The van der Waals surface area contributed by atoms with E-state index in [2.05, 4.69) is 41.9 Å². The number of ether oxygens (including phenoxy) is 1. The standard InChI is InChI=1S/C11H11Br2NO3/c1-3-9(15)14-10-7(11(16)17-2)4-6(12)5-8(10)13/h4-5H,3H2,1-2H3,(H,14,15). The normalized spacial score (nSPS) is 9.88. The van der Waals surface area contributed by atoms with Gasteiger partial charge in [0.25, 0.3) is 0 Å². The maximum absolute atomic E-state index is 11.6. The van der Waals surface area contributed by atoms with Crippen LogP contribution in [-0.4, -0.2) is 19.0 Å². The van der Waals surface area contributed by atoms with Crippen molar-refractivity contribution in [2.24, 2.45) is 0 Å². The predicted molar refractivity (Wildman–Crippen MR) is 72.1 cm³/mol. The molecule has 0 bridgehead atoms. The lowest BCUT2D eigenvalue weighted by Gasteiger charge is -2.11. The quantitative estimate of drug-likeness (QED) is 0.837. The van der Waals surface area contributed by atoms with Crippen LogP contribution in [0, 0.1) is 0 Å². The number of halogens is 2. The predicted octanol–water partition coefficient (Wildman–Crippen LogP) is 3.35. The van der Waals surface area contributed by atoms with Gasteiger partial charge in [0.2, 0.25) is 5.91 Å². The first kappa shape index (κ1) is 14.2. The third-order valence-corrected chi connectivity index (χ3v) is 3.13. The number of methoxy groups -OCH3 is 1. The molecule has 0 heterocycles. The lowest BCUT2D eigenvalue weighted by Crippen LogP contribution is -2.14. The Morgan fingerprint density at radius 1 is 1.35 bits per heavy atom. The highest BCUT2D eigenvalue weighted by atomic mass is 79.9. The Morgan fingerprint density at radius 2 is 2.00 bits per heavy atom. The number of carbonyl (C=O) groups excluding carboxylic acids is 2. The second-order valence-corrected chi connectivity index (χ2v) is 4.97. The molecule has 1 N–H and O–H groups in total. The van der Waals surface area contributed by atoms with Crippen molar-refractivity contribution < 1.29 is 14.3 Å². The molecular weight excluding hydrogens is 354 g/mol. The fourth-order valence-electron chi connectivity index (χ4n) is 1.20. The molecule has 6 heteroatoms. The van der Waals surface area contributed by atoms with Crippen LogP contribution < -0.4 is 5.32 Å². The van der Waals surface area contributed by atoms with Crippen LogP contribution in [0.4, 0.5) is 5.69 Å². The average molecular weight is 365 g/mol. The summed E-state index contributed by atoms with van der Waals surface area (Å²) in [5.74, 6) is -0.670. The molecule has 0 aromatic heterocycles. The molecule has 0 saturated carbocycles. The zero-order chi connectivity index (χ0) is 13.0. The van der Waals surface area contributed by atoms with Crippen molar-refractivity contribution >= 4 is 49.4 Å². The minimum absolute atomic E-state index is 0.168. The first-order valence-corrected chi connectivity index (χ1v) is 6.45. The highest BCUT2D eigenvalue weighted by molar-refractivity contribution is 9.11. The Morgan fingerprint density at radius 3 is 2.53 bits per heavy atom. The summed E-state index contributed by atoms with van der Waals surface area (Å²) in [6.07, 6.45) is 0.336. The molecule has 0 spiro atoms. The second kappa shape index (κ2) is 6.16. The van der Waals surface area contributed by atoms with E-state index in [0.717, 1.165) is 4.47 Å². The van der Waals surface area contributed by atoms with E-state index >= 15 is 0 Å². The summed E-state index contributed by atoms with van der Waals surface area (Å²) in [6, 6.07) is 3.35. The lowest BCUT2D eigenvalue weighted by molar-refractivity contribution is -0.115. The molecule has 0 aliphatic heterocycles. The number of nitrogens with one attached hydrogen (secondary N) is 1. The van der Waals surface area contributed by atoms with Gasteiger partial charge in [0.1, 0.15) is 0 Å². The van der Waals surface area contributed by atoms with Gasteiger partial charge in [-0.25, -0.2) is 4.79 Å². The summed E-state index contributed by atoms with van der Waals surface area (Å²) in [7, 11) is 1.29. The minimum Gasteiger partial charge on any atom is -0.465 e. The Hall–Kier alpha value is -0.880. The van der Waals surface area contributed by atoms with Crippen molar-refractivity contribution in [3.63, 3.8) is 0 Å². The molecule has 17 heavy (non-hydrogen) atoms. The Kier molecular flexibility index (Phi) is 5.14. The van der Waals surface area contributed by atoms with Crippen LogP contribution in [0.25, 0.3) is 0 Å². The zero-order valence-electron chi connectivity index (χ0n) is 9.34. The van der Waals surface area contributed by atoms with Crippen LogP contribution in [0.2, 0.25) is 0 Å². The van der Waals surface area contributed by atoms with Gasteiger partial charge in [-0.05, 0) is 28.1 Å². The number of benzene rings is 1. The van der Waals surface area contributed by atoms with Crippen LogP contribution in [0.15, 0.2) is 21.1 Å². The van der Waals surface area contributed by atoms with E-state index in [1.54, 1.807) is 19.1 Å². The number of hydrogen-bond donors (Lipinski definition) is 1. The van der Waals surface area contributed by atoms with Gasteiger partial charge in [0.15, 0.2) is 0 Å². The van der Waals surface area contributed by atoms with Gasteiger partial charge in [-0.2, -0.15) is 0 Å². The summed E-state index contributed by atoms with van der Waals surface area (Å²) < 4.78 is 6.01. The fourth-order valence-corrected chi connectivity index (χ4v) is 2.52. The molecule has 0 aliphatic rings. The van der Waals surface area contributed by atoms with Crippen molar-refractivity contribution in [2.45, 2.75) is 13.3 Å². The van der Waals surface area contributed by atoms with Crippen LogP contribution in [-0.2, 0) is 9.53 Å². The number of carbonyl (C=O) groups is 2. The maximum Gasteiger partial charge on any atom is 0.340 e. The molecular formula is C11H11Br2NO3. The number of anilines is 1. The van der Waals surface area contributed by atoms with Crippen LogP contribution in [0.3, 0.4) is 0 Å². The highest BCUT2D eigenvalue weighted by Crippen LogP contribution is 2.31. The molecule has 4 nitrogen and oxygen atoms in total. The van der Waals surface area contributed by atoms with Gasteiger partial charge >= 0.3 is 5.97 Å². The van der Waals surface area contributed by atoms with Crippen molar-refractivity contribution in [3.05, 3.63) is 26.6 Å². The molecule has 1 rings (SSSR count). The van der Waals surface area contributed by atoms with E-state index in [9.17, 15) is 9.59 Å². The van der Waals surface area contributed by atoms with Crippen molar-refractivity contribution in [1.29, 1.82) is 0 Å². The van der Waals surface area contributed by atoms with Gasteiger partial charge in [-0.15, -0.1) is 0 Å².